The fraction of sp³-hybridized carbons (Fsp3) is 0.500. The summed E-state index contributed by atoms with van der Waals surface area (Å²) in [6.07, 6.45) is -2.61. The first-order valence-electron chi connectivity index (χ1n) is 5.70. The minimum absolute atomic E-state index is 0.0134. The van der Waals surface area contributed by atoms with Crippen molar-refractivity contribution in [3.05, 3.63) is 29.8 Å². The Balaban J connectivity index is 2.01. The van der Waals surface area contributed by atoms with Gasteiger partial charge in [-0.2, -0.15) is 13.2 Å². The van der Waals surface area contributed by atoms with Gasteiger partial charge in [0.15, 0.2) is 0 Å². The molecular weight excluding hydrogens is 358 g/mol. The van der Waals surface area contributed by atoms with Crippen LogP contribution in [0.2, 0.25) is 0 Å². The maximum Gasteiger partial charge on any atom is 0.416 e. The van der Waals surface area contributed by atoms with E-state index >= 15 is 0 Å². The fourth-order valence-electron chi connectivity index (χ4n) is 1.88. The van der Waals surface area contributed by atoms with Gasteiger partial charge in [0.25, 0.3) is 0 Å². The van der Waals surface area contributed by atoms with Gasteiger partial charge in [0, 0.05) is 36.0 Å². The quantitative estimate of drug-likeness (QED) is 0.578. The molecule has 2 rings (SSSR count). The Morgan fingerprint density at radius 1 is 1.22 bits per heavy atom. The molecule has 0 aliphatic carbocycles. The maximum atomic E-state index is 12.5. The van der Waals surface area contributed by atoms with Crippen molar-refractivity contribution < 1.29 is 17.9 Å². The molecule has 0 bridgehead atoms. The number of hydrogen-bond donors (Lipinski definition) is 0. The number of halogens is 4. The van der Waals surface area contributed by atoms with Crippen LogP contribution in [-0.2, 0) is 6.18 Å². The summed E-state index contributed by atoms with van der Waals surface area (Å²) in [4.78, 5) is 0. The second kappa shape index (κ2) is 5.64. The number of rotatable bonds is 2. The summed E-state index contributed by atoms with van der Waals surface area (Å²) in [6, 6.07) is 5.08. The molecule has 0 aromatic heterocycles. The van der Waals surface area contributed by atoms with Crippen molar-refractivity contribution in [3.8, 4) is 5.75 Å². The van der Waals surface area contributed by atoms with Crippen LogP contribution in [0.15, 0.2) is 24.3 Å². The number of nitrogens with zero attached hydrogens (tertiary/aromatic N) is 1. The second-order valence-corrected chi connectivity index (χ2v) is 5.62. The summed E-state index contributed by atoms with van der Waals surface area (Å²) < 4.78 is 45.4. The van der Waals surface area contributed by atoms with E-state index in [4.69, 9.17) is 4.74 Å². The van der Waals surface area contributed by atoms with Gasteiger partial charge < -0.3 is 4.74 Å². The van der Waals surface area contributed by atoms with Gasteiger partial charge in [-0.3, -0.25) is 0 Å². The van der Waals surface area contributed by atoms with Crippen molar-refractivity contribution in [2.45, 2.75) is 25.1 Å². The second-order valence-electron chi connectivity index (χ2n) is 4.25. The third-order valence-electron chi connectivity index (χ3n) is 2.85. The molecule has 1 saturated heterocycles. The number of benzene rings is 1. The molecular formula is C12H13F3INO. The van der Waals surface area contributed by atoms with Crippen molar-refractivity contribution in [3.63, 3.8) is 0 Å². The highest BCUT2D eigenvalue weighted by molar-refractivity contribution is 14.1. The van der Waals surface area contributed by atoms with E-state index in [9.17, 15) is 13.2 Å². The molecule has 0 saturated carbocycles. The molecule has 0 spiro atoms. The third-order valence-corrected chi connectivity index (χ3v) is 3.82. The SMILES string of the molecule is FC(F)(F)c1cccc(OC2CCN(I)CC2)c1. The Hall–Kier alpha value is -0.500. The molecule has 6 heteroatoms. The van der Waals surface area contributed by atoms with Crippen LogP contribution in [0.3, 0.4) is 0 Å². The van der Waals surface area contributed by atoms with E-state index in [0.29, 0.717) is 5.75 Å². The summed E-state index contributed by atoms with van der Waals surface area (Å²) in [7, 11) is 0. The van der Waals surface area contributed by atoms with Gasteiger partial charge in [0.1, 0.15) is 11.9 Å². The molecule has 2 nitrogen and oxygen atoms in total. The Morgan fingerprint density at radius 3 is 2.50 bits per heavy atom. The van der Waals surface area contributed by atoms with Crippen molar-refractivity contribution in [2.75, 3.05) is 13.1 Å². The first-order chi connectivity index (χ1) is 8.45. The molecule has 0 atom stereocenters. The molecule has 18 heavy (non-hydrogen) atoms. The summed E-state index contributed by atoms with van der Waals surface area (Å²) in [5, 5.41) is 0. The number of hydrogen-bond acceptors (Lipinski definition) is 2. The van der Waals surface area contributed by atoms with Crippen LogP contribution in [0, 0.1) is 0 Å². The van der Waals surface area contributed by atoms with Gasteiger partial charge in [0.2, 0.25) is 0 Å². The number of alkyl halides is 3. The molecule has 1 heterocycles. The average molecular weight is 371 g/mol. The lowest BCUT2D eigenvalue weighted by atomic mass is 10.1. The Labute approximate surface area is 118 Å². The molecule has 1 fully saturated rings. The van der Waals surface area contributed by atoms with Crippen LogP contribution < -0.4 is 4.74 Å². The van der Waals surface area contributed by atoms with Gasteiger partial charge in [-0.25, -0.2) is 3.11 Å². The zero-order chi connectivity index (χ0) is 13.2. The van der Waals surface area contributed by atoms with E-state index in [0.717, 1.165) is 38.1 Å². The summed E-state index contributed by atoms with van der Waals surface area (Å²) in [6.45, 7) is 1.81. The normalized spacial score (nSPS) is 18.9. The summed E-state index contributed by atoms with van der Waals surface area (Å²) in [5.41, 5.74) is -0.661. The van der Waals surface area contributed by atoms with E-state index in [1.54, 1.807) is 6.07 Å². The Bertz CT molecular complexity index is 403. The van der Waals surface area contributed by atoms with Crippen LogP contribution in [-0.4, -0.2) is 22.3 Å². The minimum Gasteiger partial charge on any atom is -0.490 e. The van der Waals surface area contributed by atoms with E-state index in [1.807, 2.05) is 0 Å². The van der Waals surface area contributed by atoms with Crippen molar-refractivity contribution in [1.29, 1.82) is 0 Å². The average Bonchev–Trinajstić information content (AvgIpc) is 2.31. The smallest absolute Gasteiger partial charge is 0.416 e. The zero-order valence-corrected chi connectivity index (χ0v) is 11.7. The van der Waals surface area contributed by atoms with Crippen LogP contribution in [0.5, 0.6) is 5.75 Å². The lowest BCUT2D eigenvalue weighted by Crippen LogP contribution is -2.32. The monoisotopic (exact) mass is 371 g/mol. The zero-order valence-electron chi connectivity index (χ0n) is 9.58. The largest absolute Gasteiger partial charge is 0.490 e. The van der Waals surface area contributed by atoms with E-state index in [1.165, 1.54) is 6.07 Å². The van der Waals surface area contributed by atoms with Crippen molar-refractivity contribution in [1.82, 2.24) is 3.11 Å². The van der Waals surface area contributed by atoms with Crippen molar-refractivity contribution >= 4 is 22.9 Å². The molecule has 0 unspecified atom stereocenters. The van der Waals surface area contributed by atoms with Crippen molar-refractivity contribution in [2.24, 2.45) is 0 Å². The lowest BCUT2D eigenvalue weighted by molar-refractivity contribution is -0.137. The third kappa shape index (κ3) is 3.74. The molecule has 0 N–H and O–H groups in total. The van der Waals surface area contributed by atoms with Crippen LogP contribution in [0.25, 0.3) is 0 Å². The topological polar surface area (TPSA) is 12.5 Å². The predicted octanol–water partition coefficient (Wildman–Crippen LogP) is 3.90. The standard InChI is InChI=1S/C12H13F3INO/c13-12(14,15)9-2-1-3-11(8-9)18-10-4-6-17(16)7-5-10/h1-3,8,10H,4-7H2. The van der Waals surface area contributed by atoms with E-state index in [2.05, 4.69) is 26.0 Å². The minimum atomic E-state index is -4.31. The van der Waals surface area contributed by atoms with Gasteiger partial charge >= 0.3 is 6.18 Å². The van der Waals surface area contributed by atoms with Crippen LogP contribution >= 0.6 is 22.9 Å². The molecule has 1 aliphatic rings. The lowest BCUT2D eigenvalue weighted by Gasteiger charge is -2.28. The van der Waals surface area contributed by atoms with Gasteiger partial charge in [0.05, 0.1) is 5.56 Å². The number of piperidine rings is 1. The fourth-order valence-corrected chi connectivity index (χ4v) is 2.44. The van der Waals surface area contributed by atoms with Gasteiger partial charge in [-0.15, -0.1) is 0 Å². The summed E-state index contributed by atoms with van der Waals surface area (Å²) in [5.74, 6) is 0.303. The Kier molecular flexibility index (Phi) is 4.37. The number of ether oxygens (including phenoxy) is 1. The predicted molar refractivity (Wildman–Crippen MR) is 70.7 cm³/mol. The first kappa shape index (κ1) is 13.9. The van der Waals surface area contributed by atoms with E-state index in [-0.39, 0.29) is 6.10 Å². The molecule has 0 amide bonds. The molecule has 1 aliphatic heterocycles. The molecule has 0 radical (unpaired) electrons. The summed E-state index contributed by atoms with van der Waals surface area (Å²) >= 11 is 2.24. The maximum absolute atomic E-state index is 12.5. The highest BCUT2D eigenvalue weighted by atomic mass is 127. The van der Waals surface area contributed by atoms with Crippen LogP contribution in [0.1, 0.15) is 18.4 Å². The molecule has 100 valence electrons. The first-order valence-corrected chi connectivity index (χ1v) is 6.66. The van der Waals surface area contributed by atoms with Crippen LogP contribution in [0.4, 0.5) is 13.2 Å². The molecule has 1 aromatic carbocycles. The highest BCUT2D eigenvalue weighted by Crippen LogP contribution is 2.32. The highest BCUT2D eigenvalue weighted by Gasteiger charge is 2.31. The van der Waals surface area contributed by atoms with Gasteiger partial charge in [-0.1, -0.05) is 6.07 Å². The van der Waals surface area contributed by atoms with E-state index < -0.39 is 11.7 Å². The molecule has 1 aromatic rings. The Morgan fingerprint density at radius 2 is 1.89 bits per heavy atom. The van der Waals surface area contributed by atoms with Gasteiger partial charge in [-0.05, 0) is 31.0 Å².